The van der Waals surface area contributed by atoms with Crippen molar-refractivity contribution in [2.75, 3.05) is 0 Å². The second-order valence-corrected chi connectivity index (χ2v) is 7.02. The van der Waals surface area contributed by atoms with Gasteiger partial charge >= 0.3 is 0 Å². The van der Waals surface area contributed by atoms with Gasteiger partial charge in [-0.05, 0) is 69.1 Å². The van der Waals surface area contributed by atoms with E-state index in [2.05, 4.69) is 104 Å². The van der Waals surface area contributed by atoms with Gasteiger partial charge in [0, 0.05) is 17.7 Å². The number of aryl methyl sites for hydroxylation is 2. The highest BCUT2D eigenvalue weighted by Gasteiger charge is 2.14. The molecule has 0 unspecified atom stereocenters. The molecule has 1 heterocycles. The number of pyridine rings is 1. The van der Waals surface area contributed by atoms with Crippen LogP contribution in [0.4, 0.5) is 0 Å². The van der Waals surface area contributed by atoms with Gasteiger partial charge in [0.25, 0.3) is 0 Å². The van der Waals surface area contributed by atoms with E-state index in [1.54, 1.807) is 0 Å². The van der Waals surface area contributed by atoms with Crippen molar-refractivity contribution >= 4 is 32.3 Å². The van der Waals surface area contributed by atoms with Crippen LogP contribution < -0.4 is 4.57 Å². The van der Waals surface area contributed by atoms with Crippen molar-refractivity contribution in [2.45, 2.75) is 6.92 Å². The lowest BCUT2D eigenvalue weighted by molar-refractivity contribution is -0.660. The van der Waals surface area contributed by atoms with Crippen molar-refractivity contribution in [3.63, 3.8) is 0 Å². The molecule has 26 heavy (non-hydrogen) atoms. The molecule has 4 aromatic carbocycles. The van der Waals surface area contributed by atoms with Crippen LogP contribution in [0.15, 0.2) is 85.1 Å². The molecule has 1 nitrogen and oxygen atoms in total. The maximum atomic E-state index is 2.37. The van der Waals surface area contributed by atoms with Gasteiger partial charge in [0.1, 0.15) is 7.05 Å². The van der Waals surface area contributed by atoms with Crippen LogP contribution in [0.2, 0.25) is 0 Å². The maximum absolute atomic E-state index is 2.37. The molecule has 0 saturated carbocycles. The molecule has 1 aromatic heterocycles. The van der Waals surface area contributed by atoms with Gasteiger partial charge in [-0.3, -0.25) is 0 Å². The summed E-state index contributed by atoms with van der Waals surface area (Å²) in [6, 6.07) is 28.6. The molecule has 0 saturated heterocycles. The van der Waals surface area contributed by atoms with E-state index in [9.17, 15) is 0 Å². The summed E-state index contributed by atoms with van der Waals surface area (Å²) in [4.78, 5) is 0. The van der Waals surface area contributed by atoms with Gasteiger partial charge in [-0.1, -0.05) is 42.5 Å². The predicted molar refractivity (Wildman–Crippen MR) is 110 cm³/mol. The normalized spacial score (nSPS) is 11.5. The quantitative estimate of drug-likeness (QED) is 0.203. The SMILES string of the molecule is Cc1c(-c2cccc[n+]2C)ccc2cc3ccc4ccccc4c3cc12. The van der Waals surface area contributed by atoms with E-state index in [4.69, 9.17) is 0 Å². The first-order chi connectivity index (χ1) is 12.7. The summed E-state index contributed by atoms with van der Waals surface area (Å²) >= 11 is 0. The van der Waals surface area contributed by atoms with Crippen molar-refractivity contribution in [1.29, 1.82) is 0 Å². The monoisotopic (exact) mass is 334 g/mol. The number of rotatable bonds is 1. The van der Waals surface area contributed by atoms with Crippen molar-refractivity contribution in [3.8, 4) is 11.3 Å². The second kappa shape index (κ2) is 5.67. The lowest BCUT2D eigenvalue weighted by Gasteiger charge is -2.11. The Balaban J connectivity index is 1.87. The van der Waals surface area contributed by atoms with Crippen LogP contribution in [0, 0.1) is 6.92 Å². The van der Waals surface area contributed by atoms with E-state index in [0.717, 1.165) is 0 Å². The lowest BCUT2D eigenvalue weighted by Crippen LogP contribution is -2.30. The largest absolute Gasteiger partial charge is 0.212 e. The molecule has 0 spiro atoms. The lowest BCUT2D eigenvalue weighted by atomic mass is 9.93. The van der Waals surface area contributed by atoms with Crippen molar-refractivity contribution in [1.82, 2.24) is 0 Å². The fourth-order valence-corrected chi connectivity index (χ4v) is 4.06. The van der Waals surface area contributed by atoms with E-state index in [1.807, 2.05) is 0 Å². The Morgan fingerprint density at radius 2 is 1.35 bits per heavy atom. The first-order valence-electron chi connectivity index (χ1n) is 9.02. The highest BCUT2D eigenvalue weighted by molar-refractivity contribution is 6.12. The molecule has 0 atom stereocenters. The Morgan fingerprint density at radius 3 is 2.23 bits per heavy atom. The summed E-state index contributed by atoms with van der Waals surface area (Å²) in [6.45, 7) is 2.24. The Bertz CT molecular complexity index is 1300. The molecule has 0 aliphatic heterocycles. The van der Waals surface area contributed by atoms with E-state index >= 15 is 0 Å². The van der Waals surface area contributed by atoms with E-state index in [1.165, 1.54) is 49.1 Å². The second-order valence-electron chi connectivity index (χ2n) is 7.02. The number of benzene rings is 4. The number of nitrogens with zero attached hydrogens (tertiary/aromatic N) is 1. The number of fused-ring (bicyclic) bond motifs is 4. The van der Waals surface area contributed by atoms with Crippen molar-refractivity contribution in [3.05, 3.63) is 90.6 Å². The Labute approximate surface area is 153 Å². The highest BCUT2D eigenvalue weighted by Crippen LogP contribution is 2.33. The van der Waals surface area contributed by atoms with Crippen molar-refractivity contribution in [2.24, 2.45) is 7.05 Å². The zero-order valence-corrected chi connectivity index (χ0v) is 15.0. The molecule has 0 amide bonds. The smallest absolute Gasteiger partial charge is 0.201 e. The zero-order chi connectivity index (χ0) is 17.7. The summed E-state index contributed by atoms with van der Waals surface area (Å²) in [7, 11) is 2.10. The zero-order valence-electron chi connectivity index (χ0n) is 15.0. The molecular formula is C25H20N+. The van der Waals surface area contributed by atoms with E-state index in [-0.39, 0.29) is 0 Å². The Kier molecular flexibility index (Phi) is 3.29. The molecule has 5 aromatic rings. The topological polar surface area (TPSA) is 3.88 Å². The summed E-state index contributed by atoms with van der Waals surface area (Å²) in [6.07, 6.45) is 2.10. The average molecular weight is 334 g/mol. The fraction of sp³-hybridized carbons (Fsp3) is 0.0800. The van der Waals surface area contributed by atoms with Crippen LogP contribution in [0.3, 0.4) is 0 Å². The van der Waals surface area contributed by atoms with E-state index < -0.39 is 0 Å². The van der Waals surface area contributed by atoms with Gasteiger partial charge in [-0.2, -0.15) is 0 Å². The molecule has 0 aliphatic rings. The fourth-order valence-electron chi connectivity index (χ4n) is 4.06. The van der Waals surface area contributed by atoms with Gasteiger partial charge in [0.2, 0.25) is 5.69 Å². The number of hydrogen-bond acceptors (Lipinski definition) is 0. The summed E-state index contributed by atoms with van der Waals surface area (Å²) in [5.41, 5.74) is 3.87. The van der Waals surface area contributed by atoms with Crippen LogP contribution in [0.1, 0.15) is 5.56 Å². The van der Waals surface area contributed by atoms with Crippen LogP contribution in [0.25, 0.3) is 43.6 Å². The number of hydrogen-bond donors (Lipinski definition) is 0. The highest BCUT2D eigenvalue weighted by atomic mass is 14.9. The molecule has 124 valence electrons. The summed E-state index contributed by atoms with van der Waals surface area (Å²) in [5, 5.41) is 7.87. The van der Waals surface area contributed by atoms with Gasteiger partial charge in [0.15, 0.2) is 6.20 Å². The third-order valence-corrected chi connectivity index (χ3v) is 5.48. The van der Waals surface area contributed by atoms with Crippen LogP contribution >= 0.6 is 0 Å². The first-order valence-corrected chi connectivity index (χ1v) is 9.02. The average Bonchev–Trinajstić information content (AvgIpc) is 2.68. The minimum Gasteiger partial charge on any atom is -0.201 e. The van der Waals surface area contributed by atoms with Gasteiger partial charge in [-0.15, -0.1) is 0 Å². The Hall–Kier alpha value is -3.19. The summed E-state index contributed by atoms with van der Waals surface area (Å²) < 4.78 is 2.19. The van der Waals surface area contributed by atoms with Gasteiger partial charge < -0.3 is 0 Å². The van der Waals surface area contributed by atoms with E-state index in [0.29, 0.717) is 0 Å². The molecule has 1 heteroatoms. The Morgan fingerprint density at radius 1 is 0.615 bits per heavy atom. The minimum absolute atomic E-state index is 1.24. The molecular weight excluding hydrogens is 314 g/mol. The number of aromatic nitrogens is 1. The third kappa shape index (κ3) is 2.21. The van der Waals surface area contributed by atoms with Gasteiger partial charge in [0.05, 0.1) is 0 Å². The van der Waals surface area contributed by atoms with Crippen LogP contribution in [-0.4, -0.2) is 0 Å². The summed E-state index contributed by atoms with van der Waals surface area (Å²) in [5.74, 6) is 0. The maximum Gasteiger partial charge on any atom is 0.212 e. The molecule has 0 N–H and O–H groups in total. The van der Waals surface area contributed by atoms with Crippen molar-refractivity contribution < 1.29 is 4.57 Å². The first kappa shape index (κ1) is 15.1. The standard InChI is InChI=1S/C25H20N/c1-17-21(25-9-5-6-14-26(25)2)13-12-19-15-20-11-10-18-7-3-4-8-22(18)24(20)16-23(17)19/h3-16H,1-2H3/q+1. The van der Waals surface area contributed by atoms with Crippen LogP contribution in [0.5, 0.6) is 0 Å². The molecule has 5 rings (SSSR count). The predicted octanol–water partition coefficient (Wildman–Crippen LogP) is 5.95. The third-order valence-electron chi connectivity index (χ3n) is 5.48. The molecule has 0 fully saturated rings. The molecule has 0 aliphatic carbocycles. The molecule has 0 bridgehead atoms. The minimum atomic E-state index is 1.24. The molecule has 0 radical (unpaired) electrons. The van der Waals surface area contributed by atoms with Gasteiger partial charge in [-0.25, -0.2) is 4.57 Å². The van der Waals surface area contributed by atoms with Crippen LogP contribution in [-0.2, 0) is 7.05 Å².